The van der Waals surface area contributed by atoms with E-state index in [2.05, 4.69) is 20.9 Å². The molecule has 3 unspecified atom stereocenters. The topological polar surface area (TPSA) is 99.7 Å². The van der Waals surface area contributed by atoms with Crippen LogP contribution in [-0.4, -0.2) is 65.8 Å². The van der Waals surface area contributed by atoms with Crippen LogP contribution in [0, 0.1) is 6.92 Å². The van der Waals surface area contributed by atoms with Crippen LogP contribution in [-0.2, 0) is 14.9 Å². The molecule has 3 atom stereocenters. The first kappa shape index (κ1) is 20.5. The summed E-state index contributed by atoms with van der Waals surface area (Å²) in [7, 11) is 0. The third-order valence-corrected chi connectivity index (χ3v) is 6.39. The zero-order valence-corrected chi connectivity index (χ0v) is 17.5. The van der Waals surface area contributed by atoms with Gasteiger partial charge in [0.2, 0.25) is 11.0 Å². The average Bonchev–Trinajstić information content (AvgIpc) is 3.36. The van der Waals surface area contributed by atoms with Gasteiger partial charge in [-0.15, -0.1) is 10.2 Å². The second kappa shape index (κ2) is 8.15. The van der Waals surface area contributed by atoms with Crippen LogP contribution >= 0.6 is 11.3 Å². The molecule has 0 saturated carbocycles. The maximum Gasteiger partial charge on any atom is 0.407 e. The van der Waals surface area contributed by atoms with E-state index in [0.717, 1.165) is 5.01 Å². The number of aryl methyl sites for hydroxylation is 1. The molecule has 160 valence electrons. The monoisotopic (exact) mass is 434 g/mol. The molecule has 2 aliphatic rings. The Morgan fingerprint density at radius 3 is 2.70 bits per heavy atom. The number of carbonyl (C=O) groups excluding carboxylic acids is 2. The normalized spacial score (nSPS) is 24.1. The molecule has 0 radical (unpaired) electrons. The van der Waals surface area contributed by atoms with Crippen LogP contribution in [0.25, 0.3) is 0 Å². The third kappa shape index (κ3) is 3.82. The van der Waals surface area contributed by atoms with Crippen LogP contribution in [0.2, 0.25) is 0 Å². The number of nitrogens with one attached hydrogen (secondary N) is 2. The molecule has 0 aliphatic carbocycles. The van der Waals surface area contributed by atoms with Crippen molar-refractivity contribution in [3.63, 3.8) is 0 Å². The number of rotatable bonds is 5. The first-order valence-corrected chi connectivity index (χ1v) is 10.5. The van der Waals surface area contributed by atoms with Crippen molar-refractivity contribution in [2.24, 2.45) is 0 Å². The van der Waals surface area contributed by atoms with Gasteiger partial charge in [0.1, 0.15) is 16.5 Å². The maximum atomic E-state index is 14.8. The third-order valence-electron chi connectivity index (χ3n) is 5.51. The SMILES string of the molecule is Cc1nnc(N2CCN(NC(=O)C(C)(c3ccccc3)C3CNC(=O)O3)CC2F)s1. The zero-order valence-electron chi connectivity index (χ0n) is 16.7. The molecule has 0 bridgehead atoms. The number of aromatic nitrogens is 2. The Labute approximate surface area is 177 Å². The molecule has 2 saturated heterocycles. The summed E-state index contributed by atoms with van der Waals surface area (Å²) in [5, 5.41) is 13.4. The van der Waals surface area contributed by atoms with Gasteiger partial charge in [0.05, 0.1) is 13.1 Å². The zero-order chi connectivity index (χ0) is 21.3. The molecule has 1 aromatic heterocycles. The predicted molar refractivity (Wildman–Crippen MR) is 109 cm³/mol. The quantitative estimate of drug-likeness (QED) is 0.686. The molecule has 11 heteroatoms. The summed E-state index contributed by atoms with van der Waals surface area (Å²) in [4.78, 5) is 26.5. The highest BCUT2D eigenvalue weighted by atomic mass is 32.1. The van der Waals surface area contributed by atoms with Crippen molar-refractivity contribution in [3.05, 3.63) is 40.9 Å². The highest BCUT2D eigenvalue weighted by Gasteiger charge is 2.48. The minimum Gasteiger partial charge on any atom is -0.443 e. The molecule has 9 nitrogen and oxygen atoms in total. The van der Waals surface area contributed by atoms with Crippen LogP contribution in [0.1, 0.15) is 17.5 Å². The molecule has 2 aliphatic heterocycles. The molecule has 1 aromatic carbocycles. The number of hydrogen-bond donors (Lipinski definition) is 2. The summed E-state index contributed by atoms with van der Waals surface area (Å²) in [5.41, 5.74) is 2.41. The average molecular weight is 434 g/mol. The number of halogens is 1. The minimum atomic E-state index is -1.33. The smallest absolute Gasteiger partial charge is 0.407 e. The lowest BCUT2D eigenvalue weighted by molar-refractivity contribution is -0.135. The van der Waals surface area contributed by atoms with Crippen LogP contribution in [0.5, 0.6) is 0 Å². The lowest BCUT2D eigenvalue weighted by Gasteiger charge is -2.39. The summed E-state index contributed by atoms with van der Waals surface area (Å²) in [6.07, 6.45) is -2.57. The predicted octanol–water partition coefficient (Wildman–Crippen LogP) is 1.36. The fraction of sp³-hybridized carbons (Fsp3) is 0.474. The maximum absolute atomic E-state index is 14.8. The fourth-order valence-corrected chi connectivity index (χ4v) is 4.43. The number of ether oxygens (including phenoxy) is 1. The van der Waals surface area contributed by atoms with E-state index in [4.69, 9.17) is 4.74 Å². The first-order valence-electron chi connectivity index (χ1n) is 9.65. The van der Waals surface area contributed by atoms with Crippen LogP contribution in [0.4, 0.5) is 14.3 Å². The standard InChI is InChI=1S/C19H23FN6O3S/c1-12-22-23-17(30-12)26-9-8-25(11-15(26)20)24-16(27)19(2,13-6-4-3-5-7-13)14-10-21-18(28)29-14/h3-7,14-15H,8-11H2,1-2H3,(H,21,28)(H,24,27). The van der Waals surface area contributed by atoms with Gasteiger partial charge in [-0.3, -0.25) is 10.2 Å². The molecule has 2 fully saturated rings. The van der Waals surface area contributed by atoms with Gasteiger partial charge in [-0.05, 0) is 19.4 Å². The molecule has 0 spiro atoms. The molecule has 2 amide bonds. The van der Waals surface area contributed by atoms with Gasteiger partial charge in [0, 0.05) is 13.1 Å². The Morgan fingerprint density at radius 1 is 1.33 bits per heavy atom. The van der Waals surface area contributed by atoms with Crippen molar-refractivity contribution in [2.75, 3.05) is 31.1 Å². The second-order valence-electron chi connectivity index (χ2n) is 7.46. The summed E-state index contributed by atoms with van der Waals surface area (Å²) in [6.45, 7) is 4.53. The van der Waals surface area contributed by atoms with Crippen molar-refractivity contribution >= 4 is 28.5 Å². The summed E-state index contributed by atoms with van der Waals surface area (Å²) in [6, 6.07) is 9.14. The van der Waals surface area contributed by atoms with Gasteiger partial charge in [-0.1, -0.05) is 41.7 Å². The molecular formula is C19H23FN6O3S. The Hall–Kier alpha value is -2.79. The summed E-state index contributed by atoms with van der Waals surface area (Å²) in [5.74, 6) is -0.359. The summed E-state index contributed by atoms with van der Waals surface area (Å²) >= 11 is 1.33. The van der Waals surface area contributed by atoms with E-state index in [-0.39, 0.29) is 19.0 Å². The molecule has 3 heterocycles. The Balaban J connectivity index is 1.49. The van der Waals surface area contributed by atoms with E-state index in [0.29, 0.717) is 23.8 Å². The Bertz CT molecular complexity index is 928. The number of benzene rings is 1. The number of alkyl carbamates (subject to hydrolysis) is 1. The number of piperazine rings is 1. The van der Waals surface area contributed by atoms with E-state index in [1.165, 1.54) is 11.3 Å². The van der Waals surface area contributed by atoms with Gasteiger partial charge in [0.15, 0.2) is 6.30 Å². The van der Waals surface area contributed by atoms with Crippen molar-refractivity contribution in [1.29, 1.82) is 0 Å². The largest absolute Gasteiger partial charge is 0.443 e. The number of carbonyl (C=O) groups is 2. The summed E-state index contributed by atoms with van der Waals surface area (Å²) < 4.78 is 20.2. The fourth-order valence-electron chi connectivity index (χ4n) is 3.68. The van der Waals surface area contributed by atoms with E-state index < -0.39 is 23.9 Å². The number of anilines is 1. The number of amides is 2. The number of hydrazine groups is 1. The van der Waals surface area contributed by atoms with Crippen molar-refractivity contribution in [2.45, 2.75) is 31.7 Å². The van der Waals surface area contributed by atoms with Gasteiger partial charge in [-0.25, -0.2) is 14.2 Å². The number of cyclic esters (lactones) is 1. The highest BCUT2D eigenvalue weighted by molar-refractivity contribution is 7.15. The lowest BCUT2D eigenvalue weighted by Crippen LogP contribution is -2.61. The van der Waals surface area contributed by atoms with Gasteiger partial charge in [-0.2, -0.15) is 0 Å². The van der Waals surface area contributed by atoms with Gasteiger partial charge in [0.25, 0.3) is 0 Å². The molecule has 30 heavy (non-hydrogen) atoms. The van der Waals surface area contributed by atoms with E-state index in [9.17, 15) is 14.0 Å². The van der Waals surface area contributed by atoms with Crippen molar-refractivity contribution < 1.29 is 18.7 Å². The Kier molecular flexibility index (Phi) is 5.56. The van der Waals surface area contributed by atoms with Crippen LogP contribution in [0.3, 0.4) is 0 Å². The number of nitrogens with zero attached hydrogens (tertiary/aromatic N) is 4. The lowest BCUT2D eigenvalue weighted by atomic mass is 9.76. The molecule has 4 rings (SSSR count). The van der Waals surface area contributed by atoms with Crippen molar-refractivity contribution in [1.82, 2.24) is 25.9 Å². The van der Waals surface area contributed by atoms with Gasteiger partial charge < -0.3 is 15.0 Å². The molecule has 2 N–H and O–H groups in total. The van der Waals surface area contributed by atoms with Crippen molar-refractivity contribution in [3.8, 4) is 0 Å². The van der Waals surface area contributed by atoms with E-state index in [1.54, 1.807) is 16.8 Å². The first-order chi connectivity index (χ1) is 14.4. The van der Waals surface area contributed by atoms with Crippen LogP contribution < -0.4 is 15.6 Å². The number of hydrogen-bond acceptors (Lipinski definition) is 8. The van der Waals surface area contributed by atoms with E-state index in [1.807, 2.05) is 37.3 Å². The second-order valence-corrected chi connectivity index (χ2v) is 8.62. The Morgan fingerprint density at radius 2 is 2.10 bits per heavy atom. The van der Waals surface area contributed by atoms with Gasteiger partial charge >= 0.3 is 6.09 Å². The van der Waals surface area contributed by atoms with E-state index >= 15 is 0 Å². The molecular weight excluding hydrogens is 411 g/mol. The van der Waals surface area contributed by atoms with Crippen LogP contribution in [0.15, 0.2) is 30.3 Å². The number of alkyl halides is 1. The minimum absolute atomic E-state index is 0.0159. The molecule has 2 aromatic rings. The highest BCUT2D eigenvalue weighted by Crippen LogP contribution is 2.32.